The quantitative estimate of drug-likeness (QED) is 0.691. The predicted octanol–water partition coefficient (Wildman–Crippen LogP) is 5.29. The van der Waals surface area contributed by atoms with Crippen molar-refractivity contribution < 1.29 is 4.74 Å². The molecule has 0 aliphatic carbocycles. The molecule has 1 N–H and O–H groups in total. The zero-order valence-electron chi connectivity index (χ0n) is 14.1. The summed E-state index contributed by atoms with van der Waals surface area (Å²) in [6.45, 7) is 7.14. The molecule has 0 amide bonds. The lowest BCUT2D eigenvalue weighted by Gasteiger charge is -2.25. The molecule has 0 saturated carbocycles. The Labute approximate surface area is 146 Å². The van der Waals surface area contributed by atoms with E-state index in [0.717, 1.165) is 34.2 Å². The van der Waals surface area contributed by atoms with Crippen molar-refractivity contribution in [2.24, 2.45) is 0 Å². The number of aromatic nitrogens is 1. The van der Waals surface area contributed by atoms with Crippen LogP contribution in [0.2, 0.25) is 0 Å². The van der Waals surface area contributed by atoms with Crippen LogP contribution in [-0.4, -0.2) is 17.6 Å². The second kappa shape index (κ2) is 5.95. The van der Waals surface area contributed by atoms with Crippen molar-refractivity contribution in [1.29, 1.82) is 0 Å². The molecular weight excluding hydrogens is 316 g/mol. The van der Waals surface area contributed by atoms with Gasteiger partial charge in [-0.15, -0.1) is 11.3 Å². The van der Waals surface area contributed by atoms with Crippen LogP contribution in [0.4, 0.5) is 5.69 Å². The van der Waals surface area contributed by atoms with Gasteiger partial charge < -0.3 is 10.1 Å². The molecule has 1 aliphatic rings. The van der Waals surface area contributed by atoms with E-state index in [1.54, 1.807) is 11.3 Å². The van der Waals surface area contributed by atoms with Gasteiger partial charge in [-0.25, -0.2) is 4.98 Å². The van der Waals surface area contributed by atoms with E-state index in [4.69, 9.17) is 9.72 Å². The lowest BCUT2D eigenvalue weighted by molar-refractivity contribution is 0.226. The van der Waals surface area contributed by atoms with Gasteiger partial charge in [0.1, 0.15) is 16.9 Å². The molecule has 3 aromatic rings. The minimum atomic E-state index is 0.206. The Morgan fingerprint density at radius 3 is 2.62 bits per heavy atom. The van der Waals surface area contributed by atoms with E-state index in [9.17, 15) is 0 Å². The first-order chi connectivity index (χ1) is 11.6. The first-order valence-electron chi connectivity index (χ1n) is 8.19. The molecule has 2 aromatic carbocycles. The van der Waals surface area contributed by atoms with Crippen molar-refractivity contribution in [1.82, 2.24) is 4.98 Å². The number of hydrogen-bond donors (Lipinski definition) is 1. The van der Waals surface area contributed by atoms with Crippen LogP contribution in [0.1, 0.15) is 17.4 Å². The van der Waals surface area contributed by atoms with Gasteiger partial charge in [0.15, 0.2) is 0 Å². The van der Waals surface area contributed by atoms with E-state index in [-0.39, 0.29) is 6.10 Å². The Hall–Kier alpha value is -2.33. The van der Waals surface area contributed by atoms with Crippen LogP contribution in [-0.2, 0) is 0 Å². The third kappa shape index (κ3) is 2.78. The number of benzene rings is 2. The van der Waals surface area contributed by atoms with Gasteiger partial charge in [0.2, 0.25) is 0 Å². The van der Waals surface area contributed by atoms with Gasteiger partial charge in [0.05, 0.1) is 17.9 Å². The van der Waals surface area contributed by atoms with Gasteiger partial charge in [-0.05, 0) is 39.0 Å². The third-order valence-electron chi connectivity index (χ3n) is 4.26. The van der Waals surface area contributed by atoms with Crippen molar-refractivity contribution in [3.8, 4) is 27.6 Å². The molecule has 1 aromatic heterocycles. The molecule has 2 heterocycles. The fourth-order valence-electron chi connectivity index (χ4n) is 2.91. The van der Waals surface area contributed by atoms with Crippen molar-refractivity contribution in [3.63, 3.8) is 0 Å². The normalized spacial score (nSPS) is 16.2. The average Bonchev–Trinajstić information content (AvgIpc) is 2.97. The number of anilines is 1. The largest absolute Gasteiger partial charge is 0.487 e. The maximum Gasteiger partial charge on any atom is 0.142 e. The van der Waals surface area contributed by atoms with Gasteiger partial charge in [0, 0.05) is 16.0 Å². The third-order valence-corrected chi connectivity index (χ3v) is 5.28. The van der Waals surface area contributed by atoms with Gasteiger partial charge in [-0.1, -0.05) is 29.8 Å². The highest BCUT2D eigenvalue weighted by Gasteiger charge is 2.18. The van der Waals surface area contributed by atoms with Gasteiger partial charge >= 0.3 is 0 Å². The molecule has 0 spiro atoms. The highest BCUT2D eigenvalue weighted by Crippen LogP contribution is 2.37. The Bertz CT molecular complexity index is 883. The summed E-state index contributed by atoms with van der Waals surface area (Å²) in [7, 11) is 0. The summed E-state index contributed by atoms with van der Waals surface area (Å²) in [6.07, 6.45) is 0.206. The maximum absolute atomic E-state index is 5.86. The van der Waals surface area contributed by atoms with Crippen LogP contribution in [0.5, 0.6) is 5.75 Å². The number of fused-ring (bicyclic) bond motifs is 1. The summed E-state index contributed by atoms with van der Waals surface area (Å²) in [5.74, 6) is 0.921. The zero-order chi connectivity index (χ0) is 16.7. The zero-order valence-corrected chi connectivity index (χ0v) is 14.9. The van der Waals surface area contributed by atoms with Gasteiger partial charge in [-0.3, -0.25) is 0 Å². The van der Waals surface area contributed by atoms with Gasteiger partial charge in [-0.2, -0.15) is 0 Å². The fourth-order valence-corrected chi connectivity index (χ4v) is 3.86. The lowest BCUT2D eigenvalue weighted by atomic mass is 10.1. The molecule has 1 atom stereocenters. The number of rotatable bonds is 2. The molecule has 4 rings (SSSR count). The Kier molecular flexibility index (Phi) is 3.77. The number of aryl methyl sites for hydroxylation is 2. The molecule has 24 heavy (non-hydrogen) atoms. The number of nitrogens with zero attached hydrogens (tertiary/aromatic N) is 1. The van der Waals surface area contributed by atoms with Crippen LogP contribution in [0.3, 0.4) is 0 Å². The Morgan fingerprint density at radius 2 is 1.83 bits per heavy atom. The second-order valence-corrected chi connectivity index (χ2v) is 7.51. The van der Waals surface area contributed by atoms with E-state index in [1.165, 1.54) is 16.0 Å². The summed E-state index contributed by atoms with van der Waals surface area (Å²) < 4.78 is 5.86. The van der Waals surface area contributed by atoms with E-state index in [0.29, 0.717) is 0 Å². The first-order valence-corrected chi connectivity index (χ1v) is 9.01. The number of thiazole rings is 1. The Morgan fingerprint density at radius 1 is 1.08 bits per heavy atom. The van der Waals surface area contributed by atoms with Crippen LogP contribution in [0.15, 0.2) is 42.5 Å². The van der Waals surface area contributed by atoms with Gasteiger partial charge in [0.25, 0.3) is 0 Å². The molecule has 0 fully saturated rings. The molecule has 1 unspecified atom stereocenters. The van der Waals surface area contributed by atoms with Crippen molar-refractivity contribution >= 4 is 17.0 Å². The van der Waals surface area contributed by atoms with E-state index in [1.807, 2.05) is 6.07 Å². The summed E-state index contributed by atoms with van der Waals surface area (Å²) in [5.41, 5.74) is 5.68. The topological polar surface area (TPSA) is 34.2 Å². The van der Waals surface area contributed by atoms with E-state index >= 15 is 0 Å². The molecule has 122 valence electrons. The highest BCUT2D eigenvalue weighted by molar-refractivity contribution is 7.15. The summed E-state index contributed by atoms with van der Waals surface area (Å²) in [5, 5.41) is 4.50. The number of nitrogens with one attached hydrogen (secondary N) is 1. The van der Waals surface area contributed by atoms with Crippen molar-refractivity contribution in [2.45, 2.75) is 26.9 Å². The highest BCUT2D eigenvalue weighted by atomic mass is 32.1. The summed E-state index contributed by atoms with van der Waals surface area (Å²) >= 11 is 1.74. The lowest BCUT2D eigenvalue weighted by Crippen LogP contribution is -2.27. The van der Waals surface area contributed by atoms with Crippen molar-refractivity contribution in [3.05, 3.63) is 52.9 Å². The fraction of sp³-hybridized carbons (Fsp3) is 0.250. The average molecular weight is 336 g/mol. The predicted molar refractivity (Wildman–Crippen MR) is 101 cm³/mol. The Balaban J connectivity index is 1.71. The van der Waals surface area contributed by atoms with Crippen molar-refractivity contribution in [2.75, 3.05) is 11.9 Å². The molecule has 3 nitrogen and oxygen atoms in total. The second-order valence-electron chi connectivity index (χ2n) is 6.31. The maximum atomic E-state index is 5.86. The SMILES string of the molecule is Cc1ccc(-c2nc(-c3ccc4c(c3)NCC(C)O4)c(C)s2)cc1. The molecule has 0 saturated heterocycles. The van der Waals surface area contributed by atoms with E-state index in [2.05, 4.69) is 62.5 Å². The monoisotopic (exact) mass is 336 g/mol. The smallest absolute Gasteiger partial charge is 0.142 e. The summed E-state index contributed by atoms with van der Waals surface area (Å²) in [4.78, 5) is 6.13. The molecule has 1 aliphatic heterocycles. The first kappa shape index (κ1) is 15.2. The molecular formula is C20H20N2OS. The minimum Gasteiger partial charge on any atom is -0.487 e. The van der Waals surface area contributed by atoms with E-state index < -0.39 is 0 Å². The molecule has 0 bridgehead atoms. The standard InChI is InChI=1S/C20H20N2OS/c1-12-4-6-15(7-5-12)20-22-19(14(3)24-20)16-8-9-18-17(10-16)21-11-13(2)23-18/h4-10,13,21H,11H2,1-3H3. The number of ether oxygens (including phenoxy) is 1. The summed E-state index contributed by atoms with van der Waals surface area (Å²) in [6, 6.07) is 14.8. The number of hydrogen-bond acceptors (Lipinski definition) is 4. The molecule has 0 radical (unpaired) electrons. The van der Waals surface area contributed by atoms with Crippen LogP contribution >= 0.6 is 11.3 Å². The minimum absolute atomic E-state index is 0.206. The molecule has 4 heteroatoms. The van der Waals surface area contributed by atoms with Crippen LogP contribution in [0, 0.1) is 13.8 Å². The van der Waals surface area contributed by atoms with Crippen LogP contribution in [0.25, 0.3) is 21.8 Å². The van der Waals surface area contributed by atoms with Crippen LogP contribution < -0.4 is 10.1 Å².